The van der Waals surface area contributed by atoms with Crippen LogP contribution in [0.5, 0.6) is 0 Å². The number of rotatable bonds is 2. The van der Waals surface area contributed by atoms with Crippen LogP contribution in [0.15, 0.2) is 37.9 Å². The van der Waals surface area contributed by atoms with Gasteiger partial charge in [0.05, 0.1) is 6.04 Å². The average molecular weight is 361 g/mol. The summed E-state index contributed by atoms with van der Waals surface area (Å²) < 4.78 is 2.15. The highest BCUT2D eigenvalue weighted by Gasteiger charge is 2.15. The number of benzene rings is 1. The molecule has 0 fully saturated rings. The van der Waals surface area contributed by atoms with E-state index in [1.807, 2.05) is 6.07 Å². The fraction of sp³-hybridized carbons (Fsp3) is 0.167. The molecular formula is C12H11Br2NS. The molecule has 2 N–H and O–H groups in total. The first kappa shape index (κ1) is 12.3. The molecule has 84 valence electrons. The van der Waals surface area contributed by atoms with Gasteiger partial charge in [0.25, 0.3) is 0 Å². The van der Waals surface area contributed by atoms with Gasteiger partial charge in [-0.05, 0) is 57.1 Å². The number of halogens is 2. The van der Waals surface area contributed by atoms with E-state index >= 15 is 0 Å². The molecule has 0 spiro atoms. The average Bonchev–Trinajstić information content (AvgIpc) is 2.67. The van der Waals surface area contributed by atoms with Crippen LogP contribution in [0, 0.1) is 6.92 Å². The zero-order valence-electron chi connectivity index (χ0n) is 8.71. The summed E-state index contributed by atoms with van der Waals surface area (Å²) >= 11 is 8.67. The number of thiophene rings is 1. The monoisotopic (exact) mass is 359 g/mol. The van der Waals surface area contributed by atoms with E-state index in [0.29, 0.717) is 0 Å². The van der Waals surface area contributed by atoms with Crippen molar-refractivity contribution >= 4 is 43.2 Å². The van der Waals surface area contributed by atoms with Crippen LogP contribution in [-0.2, 0) is 0 Å². The minimum atomic E-state index is -0.0712. The number of nitrogens with two attached hydrogens (primary N) is 1. The van der Waals surface area contributed by atoms with Gasteiger partial charge < -0.3 is 5.73 Å². The topological polar surface area (TPSA) is 26.0 Å². The second kappa shape index (κ2) is 5.00. The van der Waals surface area contributed by atoms with Gasteiger partial charge in [-0.3, -0.25) is 0 Å². The molecule has 0 aliphatic carbocycles. The van der Waals surface area contributed by atoms with Crippen molar-refractivity contribution < 1.29 is 0 Å². The predicted molar refractivity (Wildman–Crippen MR) is 76.9 cm³/mol. The lowest BCUT2D eigenvalue weighted by atomic mass is 9.98. The second-order valence-electron chi connectivity index (χ2n) is 3.65. The van der Waals surface area contributed by atoms with Crippen molar-refractivity contribution in [2.24, 2.45) is 5.73 Å². The first-order chi connectivity index (χ1) is 7.59. The van der Waals surface area contributed by atoms with Gasteiger partial charge in [-0.15, -0.1) is 0 Å². The highest BCUT2D eigenvalue weighted by atomic mass is 79.9. The Hall–Kier alpha value is -0.160. The molecule has 0 aliphatic rings. The summed E-state index contributed by atoms with van der Waals surface area (Å²) in [6, 6.07) is 6.14. The molecule has 2 aromatic rings. The lowest BCUT2D eigenvalue weighted by Crippen LogP contribution is -2.12. The molecule has 0 saturated carbocycles. The highest BCUT2D eigenvalue weighted by Crippen LogP contribution is 2.32. The fourth-order valence-electron chi connectivity index (χ4n) is 1.63. The van der Waals surface area contributed by atoms with Crippen LogP contribution >= 0.6 is 43.2 Å². The maximum Gasteiger partial charge on any atom is 0.0574 e. The standard InChI is InChI=1S/C12H11Br2NS/c1-7-2-3-8(13)4-9(7)12(15)10-5-16-6-11(10)14/h2-6,12H,15H2,1H3. The Labute approximate surface area is 116 Å². The number of hydrogen-bond acceptors (Lipinski definition) is 2. The normalized spacial score (nSPS) is 12.8. The Bertz CT molecular complexity index is 507. The van der Waals surface area contributed by atoms with Crippen LogP contribution in [0.4, 0.5) is 0 Å². The Balaban J connectivity index is 2.45. The van der Waals surface area contributed by atoms with E-state index in [1.165, 1.54) is 5.56 Å². The smallest absolute Gasteiger partial charge is 0.0574 e. The van der Waals surface area contributed by atoms with Gasteiger partial charge in [-0.2, -0.15) is 11.3 Å². The zero-order chi connectivity index (χ0) is 11.7. The molecule has 2 rings (SSSR count). The van der Waals surface area contributed by atoms with E-state index in [-0.39, 0.29) is 6.04 Å². The van der Waals surface area contributed by atoms with Crippen LogP contribution in [0.2, 0.25) is 0 Å². The molecule has 0 radical (unpaired) electrons. The number of hydrogen-bond donors (Lipinski definition) is 1. The summed E-state index contributed by atoms with van der Waals surface area (Å²) in [6.07, 6.45) is 0. The lowest BCUT2D eigenvalue weighted by Gasteiger charge is -2.14. The van der Waals surface area contributed by atoms with Crippen molar-refractivity contribution in [3.63, 3.8) is 0 Å². The molecule has 0 amide bonds. The zero-order valence-corrected chi connectivity index (χ0v) is 12.7. The maximum absolute atomic E-state index is 6.29. The van der Waals surface area contributed by atoms with Gasteiger partial charge in [0.15, 0.2) is 0 Å². The molecule has 1 aromatic heterocycles. The van der Waals surface area contributed by atoms with Crippen molar-refractivity contribution in [2.75, 3.05) is 0 Å². The third-order valence-corrected chi connectivity index (χ3v) is 4.80. The molecule has 4 heteroatoms. The number of aryl methyl sites for hydroxylation is 1. The van der Waals surface area contributed by atoms with Crippen LogP contribution < -0.4 is 5.73 Å². The molecule has 1 nitrogen and oxygen atoms in total. The minimum Gasteiger partial charge on any atom is -0.320 e. The fourth-order valence-corrected chi connectivity index (χ4v) is 3.59. The SMILES string of the molecule is Cc1ccc(Br)cc1C(N)c1cscc1Br. The second-order valence-corrected chi connectivity index (χ2v) is 6.17. The quantitative estimate of drug-likeness (QED) is 0.830. The van der Waals surface area contributed by atoms with Crippen molar-refractivity contribution in [1.29, 1.82) is 0 Å². The van der Waals surface area contributed by atoms with E-state index < -0.39 is 0 Å². The molecule has 1 aromatic carbocycles. The van der Waals surface area contributed by atoms with Crippen LogP contribution in [0.3, 0.4) is 0 Å². The van der Waals surface area contributed by atoms with Gasteiger partial charge in [0.1, 0.15) is 0 Å². The summed E-state index contributed by atoms with van der Waals surface area (Å²) in [5.74, 6) is 0. The van der Waals surface area contributed by atoms with Crippen LogP contribution in [0.1, 0.15) is 22.7 Å². The van der Waals surface area contributed by atoms with Crippen molar-refractivity contribution in [3.8, 4) is 0 Å². The first-order valence-corrected chi connectivity index (χ1v) is 7.35. The highest BCUT2D eigenvalue weighted by molar-refractivity contribution is 9.10. The Morgan fingerprint density at radius 2 is 1.94 bits per heavy atom. The molecule has 1 atom stereocenters. The summed E-state index contributed by atoms with van der Waals surface area (Å²) in [5.41, 5.74) is 9.81. The molecular weight excluding hydrogens is 350 g/mol. The van der Waals surface area contributed by atoms with Gasteiger partial charge in [0, 0.05) is 14.3 Å². The summed E-state index contributed by atoms with van der Waals surface area (Å²) in [6.45, 7) is 2.09. The predicted octanol–water partition coefficient (Wildman–Crippen LogP) is 4.63. The third kappa shape index (κ3) is 2.40. The Morgan fingerprint density at radius 3 is 2.56 bits per heavy atom. The first-order valence-electron chi connectivity index (χ1n) is 4.83. The molecule has 1 heterocycles. The van der Waals surface area contributed by atoms with Crippen LogP contribution in [-0.4, -0.2) is 0 Å². The maximum atomic E-state index is 6.29. The van der Waals surface area contributed by atoms with E-state index in [0.717, 1.165) is 20.1 Å². The van der Waals surface area contributed by atoms with Crippen LogP contribution in [0.25, 0.3) is 0 Å². The Morgan fingerprint density at radius 1 is 1.19 bits per heavy atom. The van der Waals surface area contributed by atoms with Gasteiger partial charge in [0.2, 0.25) is 0 Å². The van der Waals surface area contributed by atoms with Gasteiger partial charge in [-0.1, -0.05) is 22.0 Å². The van der Waals surface area contributed by atoms with E-state index in [2.05, 4.69) is 61.7 Å². The summed E-state index contributed by atoms with van der Waals surface area (Å²) in [7, 11) is 0. The van der Waals surface area contributed by atoms with E-state index in [4.69, 9.17) is 5.73 Å². The largest absolute Gasteiger partial charge is 0.320 e. The summed E-state index contributed by atoms with van der Waals surface area (Å²) in [4.78, 5) is 0. The minimum absolute atomic E-state index is 0.0712. The van der Waals surface area contributed by atoms with E-state index in [1.54, 1.807) is 11.3 Å². The molecule has 1 unspecified atom stereocenters. The van der Waals surface area contributed by atoms with Crippen molar-refractivity contribution in [3.05, 3.63) is 54.6 Å². The van der Waals surface area contributed by atoms with Crippen molar-refractivity contribution in [1.82, 2.24) is 0 Å². The lowest BCUT2D eigenvalue weighted by molar-refractivity contribution is 0.861. The van der Waals surface area contributed by atoms with Crippen molar-refractivity contribution in [2.45, 2.75) is 13.0 Å². The summed E-state index contributed by atoms with van der Waals surface area (Å²) in [5, 5.41) is 4.15. The van der Waals surface area contributed by atoms with Gasteiger partial charge >= 0.3 is 0 Å². The van der Waals surface area contributed by atoms with E-state index in [9.17, 15) is 0 Å². The van der Waals surface area contributed by atoms with Gasteiger partial charge in [-0.25, -0.2) is 0 Å². The molecule has 0 aliphatic heterocycles. The molecule has 16 heavy (non-hydrogen) atoms. The Kier molecular flexibility index (Phi) is 3.85. The third-order valence-electron chi connectivity index (χ3n) is 2.55. The molecule has 0 saturated heterocycles. The molecule has 0 bridgehead atoms.